The zero-order chi connectivity index (χ0) is 30.4. The Morgan fingerprint density at radius 2 is 1.77 bits per heavy atom. The van der Waals surface area contributed by atoms with Crippen LogP contribution in [0.1, 0.15) is 70.6 Å². The summed E-state index contributed by atoms with van der Waals surface area (Å²) in [6, 6.07) is 15.6. The lowest BCUT2D eigenvalue weighted by atomic mass is 9.90. The normalized spacial score (nSPS) is 16.8. The molecule has 3 aromatic heterocycles. The molecule has 10 nitrogen and oxygen atoms in total. The first-order chi connectivity index (χ1) is 21.4. The van der Waals surface area contributed by atoms with Gasteiger partial charge in [0.2, 0.25) is 5.91 Å². The highest BCUT2D eigenvalue weighted by Gasteiger charge is 2.36. The third kappa shape index (κ3) is 5.10. The van der Waals surface area contributed by atoms with Gasteiger partial charge in [-0.05, 0) is 86.4 Å². The number of hydrogen-bond donors (Lipinski definition) is 3. The molecule has 0 bridgehead atoms. The van der Waals surface area contributed by atoms with Crippen molar-refractivity contribution in [2.75, 3.05) is 5.32 Å². The first-order valence-electron chi connectivity index (χ1n) is 15.2. The maximum atomic E-state index is 14.0. The van der Waals surface area contributed by atoms with Crippen LogP contribution in [0.4, 0.5) is 5.69 Å². The lowest BCUT2D eigenvalue weighted by Crippen LogP contribution is -2.47. The van der Waals surface area contributed by atoms with Crippen molar-refractivity contribution in [3.05, 3.63) is 95.3 Å². The van der Waals surface area contributed by atoms with Crippen LogP contribution < -0.4 is 10.6 Å². The highest BCUT2D eigenvalue weighted by molar-refractivity contribution is 6.01. The van der Waals surface area contributed by atoms with Crippen molar-refractivity contribution in [3.63, 3.8) is 0 Å². The number of carbonyl (C=O) groups excluding carboxylic acids is 2. The second kappa shape index (κ2) is 11.3. The van der Waals surface area contributed by atoms with Gasteiger partial charge >= 0.3 is 0 Å². The number of nitrogens with zero attached hydrogens (tertiary/aromatic N) is 5. The summed E-state index contributed by atoms with van der Waals surface area (Å²) in [5.74, 6) is -0.790. The van der Waals surface area contributed by atoms with E-state index < -0.39 is 6.04 Å². The molecule has 10 heteroatoms. The summed E-state index contributed by atoms with van der Waals surface area (Å²) >= 11 is 0. The van der Waals surface area contributed by atoms with E-state index in [1.165, 1.54) is 29.5 Å². The van der Waals surface area contributed by atoms with E-state index in [1.54, 1.807) is 19.3 Å². The highest BCUT2D eigenvalue weighted by atomic mass is 16.2. The molecule has 0 spiro atoms. The van der Waals surface area contributed by atoms with E-state index in [0.717, 1.165) is 52.0 Å². The standard InChI is InChI=1S/C34H36N8O2/c1-20-31(21(2)40-39-20)23-9-12-26(13-10-23)37-34(44)32(38-33(43)30-15-16-35-41(30)3)28-14-11-22-7-8-24(17-29(22)28)25-18-36-42(19-25)27-5-4-6-27/h7-10,12-13,15-19,27-28,32H,4-6,11,14H2,1-3H3,(H,37,44)(H,38,43)(H,39,40)/t28-,32+/m1/s1. The Morgan fingerprint density at radius 3 is 2.45 bits per heavy atom. The van der Waals surface area contributed by atoms with Crippen LogP contribution in [0.5, 0.6) is 0 Å². The molecule has 1 saturated carbocycles. The minimum absolute atomic E-state index is 0.195. The number of fused-ring (bicyclic) bond motifs is 1. The number of aryl methyl sites for hydroxylation is 4. The van der Waals surface area contributed by atoms with E-state index in [-0.39, 0.29) is 17.7 Å². The Hall–Kier alpha value is -4.99. The van der Waals surface area contributed by atoms with Crippen LogP contribution in [-0.2, 0) is 18.3 Å². The molecule has 0 aliphatic heterocycles. The summed E-state index contributed by atoms with van der Waals surface area (Å²) in [6.45, 7) is 3.96. The van der Waals surface area contributed by atoms with E-state index in [2.05, 4.69) is 60.1 Å². The van der Waals surface area contributed by atoms with Crippen molar-refractivity contribution in [1.29, 1.82) is 0 Å². The summed E-state index contributed by atoms with van der Waals surface area (Å²) in [6.07, 6.45) is 10.8. The molecular weight excluding hydrogens is 552 g/mol. The molecule has 3 N–H and O–H groups in total. The monoisotopic (exact) mass is 588 g/mol. The summed E-state index contributed by atoms with van der Waals surface area (Å²) in [5.41, 5.74) is 9.47. The van der Waals surface area contributed by atoms with Gasteiger partial charge in [-0.25, -0.2) is 0 Å². The van der Waals surface area contributed by atoms with Gasteiger partial charge in [-0.2, -0.15) is 15.3 Å². The van der Waals surface area contributed by atoms with Crippen molar-refractivity contribution in [2.45, 2.75) is 64.0 Å². The number of aromatic amines is 1. The van der Waals surface area contributed by atoms with Gasteiger partial charge in [-0.1, -0.05) is 30.3 Å². The van der Waals surface area contributed by atoms with Crippen molar-refractivity contribution >= 4 is 17.5 Å². The number of amides is 2. The largest absolute Gasteiger partial charge is 0.338 e. The summed E-state index contributed by atoms with van der Waals surface area (Å²) in [4.78, 5) is 27.4. The zero-order valence-corrected chi connectivity index (χ0v) is 25.2. The van der Waals surface area contributed by atoms with E-state index in [0.29, 0.717) is 17.4 Å². The fourth-order valence-corrected chi connectivity index (χ4v) is 6.58. The Morgan fingerprint density at radius 1 is 0.977 bits per heavy atom. The molecule has 224 valence electrons. The molecule has 2 aliphatic rings. The van der Waals surface area contributed by atoms with Crippen molar-refractivity contribution < 1.29 is 9.59 Å². The molecule has 5 aromatic rings. The predicted octanol–water partition coefficient (Wildman–Crippen LogP) is 5.48. The minimum atomic E-state index is -0.787. The molecular formula is C34H36N8O2. The SMILES string of the molecule is Cc1n[nH]c(C)c1-c1ccc(NC(=O)[C@@H](NC(=O)c2ccnn2C)[C@@H]2CCc3ccc(-c4cnn(C5CCC5)c4)cc32)cc1. The molecule has 0 radical (unpaired) electrons. The van der Waals surface area contributed by atoms with Crippen molar-refractivity contribution in [3.8, 4) is 22.3 Å². The van der Waals surface area contributed by atoms with Crippen LogP contribution in [0.15, 0.2) is 67.1 Å². The number of H-pyrrole nitrogens is 1. The van der Waals surface area contributed by atoms with E-state index in [4.69, 9.17) is 0 Å². The molecule has 2 aliphatic carbocycles. The van der Waals surface area contributed by atoms with Crippen LogP contribution in [0.2, 0.25) is 0 Å². The molecule has 3 heterocycles. The molecule has 2 amide bonds. The Kier molecular flexibility index (Phi) is 7.12. The molecule has 2 aromatic carbocycles. The molecule has 0 saturated heterocycles. The van der Waals surface area contributed by atoms with Gasteiger partial charge < -0.3 is 10.6 Å². The smallest absolute Gasteiger partial charge is 0.270 e. The summed E-state index contributed by atoms with van der Waals surface area (Å²) in [5, 5.41) is 22.2. The minimum Gasteiger partial charge on any atom is -0.338 e. The van der Waals surface area contributed by atoms with Gasteiger partial charge in [-0.3, -0.25) is 24.1 Å². The average Bonchev–Trinajstić information content (AvgIpc) is 3.79. The molecule has 2 atom stereocenters. The highest BCUT2D eigenvalue weighted by Crippen LogP contribution is 2.39. The predicted molar refractivity (Wildman–Crippen MR) is 168 cm³/mol. The van der Waals surface area contributed by atoms with Gasteiger partial charge in [0, 0.05) is 47.9 Å². The Labute approximate surface area is 255 Å². The van der Waals surface area contributed by atoms with Crippen LogP contribution in [0.25, 0.3) is 22.3 Å². The first-order valence-corrected chi connectivity index (χ1v) is 15.2. The lowest BCUT2D eigenvalue weighted by Gasteiger charge is -2.25. The van der Waals surface area contributed by atoms with Gasteiger partial charge in [0.25, 0.3) is 5.91 Å². The number of nitrogens with one attached hydrogen (secondary N) is 3. The Balaban J connectivity index is 1.17. The number of anilines is 1. The topological polar surface area (TPSA) is 123 Å². The summed E-state index contributed by atoms with van der Waals surface area (Å²) in [7, 11) is 1.72. The second-order valence-electron chi connectivity index (χ2n) is 12.0. The number of aromatic nitrogens is 6. The fraction of sp³-hybridized carbons (Fsp3) is 0.324. The second-order valence-corrected chi connectivity index (χ2v) is 12.0. The maximum Gasteiger partial charge on any atom is 0.270 e. The number of rotatable bonds is 8. The summed E-state index contributed by atoms with van der Waals surface area (Å²) < 4.78 is 3.59. The Bertz CT molecular complexity index is 1820. The van der Waals surface area contributed by atoms with Crippen LogP contribution in [0.3, 0.4) is 0 Å². The van der Waals surface area contributed by atoms with E-state index in [1.807, 2.05) is 44.3 Å². The zero-order valence-electron chi connectivity index (χ0n) is 25.2. The average molecular weight is 589 g/mol. The fourth-order valence-electron chi connectivity index (χ4n) is 6.58. The molecule has 7 rings (SSSR count). The quantitative estimate of drug-likeness (QED) is 0.222. The lowest BCUT2D eigenvalue weighted by molar-refractivity contribution is -0.118. The molecule has 44 heavy (non-hydrogen) atoms. The van der Waals surface area contributed by atoms with Crippen LogP contribution in [0, 0.1) is 13.8 Å². The van der Waals surface area contributed by atoms with Crippen molar-refractivity contribution in [2.24, 2.45) is 7.05 Å². The third-order valence-corrected chi connectivity index (χ3v) is 9.25. The first kappa shape index (κ1) is 27.8. The van der Waals surface area contributed by atoms with Crippen LogP contribution in [-0.4, -0.2) is 47.6 Å². The van der Waals surface area contributed by atoms with Gasteiger partial charge in [0.1, 0.15) is 11.7 Å². The number of hydrogen-bond acceptors (Lipinski definition) is 5. The molecule has 0 unspecified atom stereocenters. The van der Waals surface area contributed by atoms with Gasteiger partial charge in [0.15, 0.2) is 0 Å². The molecule has 1 fully saturated rings. The van der Waals surface area contributed by atoms with E-state index in [9.17, 15) is 9.59 Å². The van der Waals surface area contributed by atoms with Gasteiger partial charge in [0.05, 0.1) is 17.9 Å². The third-order valence-electron chi connectivity index (χ3n) is 9.25. The van der Waals surface area contributed by atoms with Crippen LogP contribution >= 0.6 is 0 Å². The number of carbonyl (C=O) groups is 2. The van der Waals surface area contributed by atoms with Crippen molar-refractivity contribution in [1.82, 2.24) is 35.1 Å². The van der Waals surface area contributed by atoms with E-state index >= 15 is 0 Å². The maximum absolute atomic E-state index is 14.0. The number of benzene rings is 2. The van der Waals surface area contributed by atoms with Gasteiger partial charge in [-0.15, -0.1) is 0 Å².